The van der Waals surface area contributed by atoms with Gasteiger partial charge in [-0.05, 0) is 24.3 Å². The second-order valence-corrected chi connectivity index (χ2v) is 6.28. The van der Waals surface area contributed by atoms with Crippen molar-refractivity contribution in [3.63, 3.8) is 0 Å². The van der Waals surface area contributed by atoms with Gasteiger partial charge in [-0.2, -0.15) is 0 Å². The van der Waals surface area contributed by atoms with E-state index in [1.165, 1.54) is 17.0 Å². The van der Waals surface area contributed by atoms with Crippen LogP contribution < -0.4 is 5.32 Å². The molecule has 0 aliphatic carbocycles. The van der Waals surface area contributed by atoms with E-state index in [1.807, 2.05) is 0 Å². The number of nitrogens with zero attached hydrogens (tertiary/aromatic N) is 1. The van der Waals surface area contributed by atoms with Crippen molar-refractivity contribution in [1.82, 2.24) is 4.90 Å². The van der Waals surface area contributed by atoms with Crippen molar-refractivity contribution >= 4 is 29.1 Å². The van der Waals surface area contributed by atoms with Crippen molar-refractivity contribution in [2.24, 2.45) is 0 Å². The summed E-state index contributed by atoms with van der Waals surface area (Å²) in [5.74, 6) is -1.31. The van der Waals surface area contributed by atoms with Crippen LogP contribution in [0.1, 0.15) is 21.5 Å². The molecule has 0 saturated carbocycles. The second-order valence-electron chi connectivity index (χ2n) is 5.87. The molecular formula is C21H20ClFN2O3. The van der Waals surface area contributed by atoms with Crippen LogP contribution in [-0.4, -0.2) is 34.9 Å². The molecule has 5 nitrogen and oxygen atoms in total. The van der Waals surface area contributed by atoms with E-state index in [0.29, 0.717) is 0 Å². The van der Waals surface area contributed by atoms with E-state index in [2.05, 4.69) is 18.5 Å². The van der Waals surface area contributed by atoms with Crippen LogP contribution in [0.5, 0.6) is 0 Å². The fraction of sp³-hybridized carbons (Fsp3) is 0.143. The van der Waals surface area contributed by atoms with Gasteiger partial charge in [0, 0.05) is 29.8 Å². The molecule has 7 heteroatoms. The summed E-state index contributed by atoms with van der Waals surface area (Å²) in [5, 5.41) is 12.2. The summed E-state index contributed by atoms with van der Waals surface area (Å²) in [6.45, 7) is 7.11. The number of benzene rings is 2. The van der Waals surface area contributed by atoms with Gasteiger partial charge >= 0.3 is 6.03 Å². The largest absolute Gasteiger partial charge is 0.392 e. The maximum absolute atomic E-state index is 14.2. The number of aliphatic hydroxyl groups is 1. The molecule has 28 heavy (non-hydrogen) atoms. The average Bonchev–Trinajstić information content (AvgIpc) is 2.68. The number of ketones is 1. The summed E-state index contributed by atoms with van der Waals surface area (Å²) in [7, 11) is 0. The van der Waals surface area contributed by atoms with Crippen LogP contribution in [0.15, 0.2) is 61.7 Å². The van der Waals surface area contributed by atoms with Gasteiger partial charge in [0.1, 0.15) is 5.82 Å². The SMILES string of the molecule is C=CCN(CC=C)C(=O)Nc1cc(CO)c(F)cc1C(=O)c1ccccc1Cl. The Labute approximate surface area is 167 Å². The topological polar surface area (TPSA) is 69.6 Å². The predicted octanol–water partition coefficient (Wildman–Crippen LogP) is 4.41. The summed E-state index contributed by atoms with van der Waals surface area (Å²) in [6, 6.07) is 8.04. The molecule has 0 radical (unpaired) electrons. The minimum atomic E-state index is -0.759. The molecule has 2 N–H and O–H groups in total. The Hall–Kier alpha value is -2.96. The van der Waals surface area contributed by atoms with E-state index in [0.717, 1.165) is 6.07 Å². The van der Waals surface area contributed by atoms with E-state index in [1.54, 1.807) is 30.4 Å². The van der Waals surface area contributed by atoms with Gasteiger partial charge in [-0.15, -0.1) is 13.2 Å². The maximum Gasteiger partial charge on any atom is 0.322 e. The van der Waals surface area contributed by atoms with Crippen molar-refractivity contribution in [3.05, 3.63) is 89.2 Å². The smallest absolute Gasteiger partial charge is 0.322 e. The molecule has 2 aromatic carbocycles. The highest BCUT2D eigenvalue weighted by molar-refractivity contribution is 6.35. The standard InChI is InChI=1S/C21H20ClFN2O3/c1-3-9-25(10-4-2)21(28)24-19-11-14(13-26)18(23)12-16(19)20(27)15-7-5-6-8-17(15)22/h3-8,11-12,26H,1-2,9-10,13H2,(H,24,28). The van der Waals surface area contributed by atoms with E-state index in [9.17, 15) is 19.1 Å². The first kappa shape index (κ1) is 21.3. The third kappa shape index (κ3) is 4.85. The van der Waals surface area contributed by atoms with Gasteiger partial charge in [0.25, 0.3) is 0 Å². The van der Waals surface area contributed by atoms with E-state index < -0.39 is 24.2 Å². The van der Waals surface area contributed by atoms with Gasteiger partial charge in [0.05, 0.1) is 17.3 Å². The number of nitrogens with one attached hydrogen (secondary N) is 1. The van der Waals surface area contributed by atoms with E-state index in [-0.39, 0.29) is 40.5 Å². The number of carbonyl (C=O) groups excluding carboxylic acids is 2. The van der Waals surface area contributed by atoms with E-state index >= 15 is 0 Å². The Bertz CT molecular complexity index is 905. The molecular weight excluding hydrogens is 383 g/mol. The predicted molar refractivity (Wildman–Crippen MR) is 108 cm³/mol. The van der Waals surface area contributed by atoms with E-state index in [4.69, 9.17) is 11.6 Å². The molecule has 0 spiro atoms. The first-order valence-electron chi connectivity index (χ1n) is 8.43. The van der Waals surface area contributed by atoms with Crippen molar-refractivity contribution in [1.29, 1.82) is 0 Å². The lowest BCUT2D eigenvalue weighted by Crippen LogP contribution is -2.35. The number of hydrogen-bond acceptors (Lipinski definition) is 3. The maximum atomic E-state index is 14.2. The third-order valence-corrected chi connectivity index (χ3v) is 4.28. The van der Waals surface area contributed by atoms with Gasteiger partial charge in [0.15, 0.2) is 5.78 Å². The normalized spacial score (nSPS) is 10.2. The number of hydrogen-bond donors (Lipinski definition) is 2. The van der Waals surface area contributed by atoms with Crippen LogP contribution in [-0.2, 0) is 6.61 Å². The zero-order valence-corrected chi connectivity index (χ0v) is 15.9. The first-order valence-corrected chi connectivity index (χ1v) is 8.81. The molecule has 0 bridgehead atoms. The minimum absolute atomic E-state index is 0.0509. The Morgan fingerprint density at radius 2 is 1.79 bits per heavy atom. The Morgan fingerprint density at radius 1 is 1.14 bits per heavy atom. The first-order chi connectivity index (χ1) is 13.4. The van der Waals surface area contributed by atoms with Crippen LogP contribution in [0, 0.1) is 5.82 Å². The molecule has 0 saturated heterocycles. The molecule has 0 aliphatic rings. The van der Waals surface area contributed by atoms with Gasteiger partial charge in [0.2, 0.25) is 0 Å². The van der Waals surface area contributed by atoms with Gasteiger partial charge < -0.3 is 15.3 Å². The van der Waals surface area contributed by atoms with Crippen molar-refractivity contribution in [2.75, 3.05) is 18.4 Å². The van der Waals surface area contributed by atoms with Crippen molar-refractivity contribution < 1.29 is 19.1 Å². The molecule has 0 unspecified atom stereocenters. The molecule has 0 aliphatic heterocycles. The summed E-state index contributed by atoms with van der Waals surface area (Å²) in [5.41, 5.74) is 0.113. The van der Waals surface area contributed by atoms with Crippen LogP contribution >= 0.6 is 11.6 Å². The number of rotatable bonds is 8. The number of aliphatic hydroxyl groups excluding tert-OH is 1. The monoisotopic (exact) mass is 402 g/mol. The average molecular weight is 403 g/mol. The zero-order chi connectivity index (χ0) is 20.7. The number of amides is 2. The third-order valence-electron chi connectivity index (χ3n) is 3.95. The molecule has 0 fully saturated rings. The molecule has 0 aromatic heterocycles. The highest BCUT2D eigenvalue weighted by atomic mass is 35.5. The molecule has 2 aromatic rings. The Morgan fingerprint density at radius 3 is 2.36 bits per heavy atom. The quantitative estimate of drug-likeness (QED) is 0.507. The summed E-state index contributed by atoms with van der Waals surface area (Å²) in [6.07, 6.45) is 3.09. The molecule has 0 heterocycles. The highest BCUT2D eigenvalue weighted by Crippen LogP contribution is 2.27. The summed E-state index contributed by atoms with van der Waals surface area (Å²) < 4.78 is 14.2. The number of urea groups is 1. The highest BCUT2D eigenvalue weighted by Gasteiger charge is 2.21. The number of halogens is 2. The van der Waals surface area contributed by atoms with Gasteiger partial charge in [-0.3, -0.25) is 4.79 Å². The van der Waals surface area contributed by atoms with Crippen LogP contribution in [0.3, 0.4) is 0 Å². The lowest BCUT2D eigenvalue weighted by molar-refractivity contribution is 0.103. The van der Waals surface area contributed by atoms with Crippen LogP contribution in [0.4, 0.5) is 14.9 Å². The van der Waals surface area contributed by atoms with Crippen molar-refractivity contribution in [2.45, 2.75) is 6.61 Å². The number of anilines is 1. The lowest BCUT2D eigenvalue weighted by Gasteiger charge is -2.21. The van der Waals surface area contributed by atoms with Gasteiger partial charge in [-0.25, -0.2) is 9.18 Å². The summed E-state index contributed by atoms with van der Waals surface area (Å²) >= 11 is 6.09. The van der Waals surface area contributed by atoms with Gasteiger partial charge in [-0.1, -0.05) is 35.9 Å². The fourth-order valence-corrected chi connectivity index (χ4v) is 2.79. The fourth-order valence-electron chi connectivity index (χ4n) is 2.57. The van der Waals surface area contributed by atoms with Crippen molar-refractivity contribution in [3.8, 4) is 0 Å². The molecule has 146 valence electrons. The van der Waals surface area contributed by atoms with Crippen LogP contribution in [0.25, 0.3) is 0 Å². The molecule has 2 rings (SSSR count). The Kier molecular flexibility index (Phi) is 7.49. The lowest BCUT2D eigenvalue weighted by atomic mass is 9.99. The Balaban J connectivity index is 2.48. The zero-order valence-electron chi connectivity index (χ0n) is 15.1. The molecule has 0 atom stereocenters. The molecule has 2 amide bonds. The number of carbonyl (C=O) groups is 2. The minimum Gasteiger partial charge on any atom is -0.392 e. The summed E-state index contributed by atoms with van der Waals surface area (Å²) in [4.78, 5) is 26.9. The van der Waals surface area contributed by atoms with Crippen LogP contribution in [0.2, 0.25) is 5.02 Å². The second kappa shape index (κ2) is 9.82.